The van der Waals surface area contributed by atoms with Crippen LogP contribution < -0.4 is 10.6 Å². The van der Waals surface area contributed by atoms with Gasteiger partial charge in [-0.05, 0) is 36.2 Å². The second kappa shape index (κ2) is 9.27. The summed E-state index contributed by atoms with van der Waals surface area (Å²) in [7, 11) is 1.34. The number of amides is 1. The van der Waals surface area contributed by atoms with Crippen molar-refractivity contribution in [3.05, 3.63) is 83.8 Å². The van der Waals surface area contributed by atoms with Gasteiger partial charge in [0.2, 0.25) is 0 Å². The quantitative estimate of drug-likeness (QED) is 0.616. The molecule has 0 aliphatic heterocycles. The average molecular weight is 376 g/mol. The zero-order valence-corrected chi connectivity index (χ0v) is 15.4. The predicted molar refractivity (Wildman–Crippen MR) is 106 cm³/mol. The van der Waals surface area contributed by atoms with Gasteiger partial charge in [0.1, 0.15) is 17.8 Å². The topological polar surface area (TPSA) is 93.2 Å². The third-order valence-electron chi connectivity index (χ3n) is 4.02. The van der Waals surface area contributed by atoms with Crippen LogP contribution in [0.4, 0.5) is 11.5 Å². The summed E-state index contributed by atoms with van der Waals surface area (Å²) in [6.07, 6.45) is 2.08. The molecule has 7 heteroatoms. The van der Waals surface area contributed by atoms with E-state index in [-0.39, 0.29) is 11.6 Å². The Morgan fingerprint density at radius 3 is 2.46 bits per heavy atom. The number of ether oxygens (including phenoxy) is 1. The first kappa shape index (κ1) is 19.0. The van der Waals surface area contributed by atoms with E-state index in [1.807, 2.05) is 30.3 Å². The Hall–Kier alpha value is -3.74. The lowest BCUT2D eigenvalue weighted by atomic mass is 10.1. The molecule has 0 radical (unpaired) electrons. The molecule has 7 nitrogen and oxygen atoms in total. The number of hydrogen-bond donors (Lipinski definition) is 2. The number of aromatic nitrogens is 2. The Morgan fingerprint density at radius 2 is 1.75 bits per heavy atom. The molecule has 2 N–H and O–H groups in total. The van der Waals surface area contributed by atoms with E-state index in [0.29, 0.717) is 17.9 Å². The van der Waals surface area contributed by atoms with Gasteiger partial charge in [0.15, 0.2) is 0 Å². The number of methoxy groups -OCH3 is 1. The second-order valence-corrected chi connectivity index (χ2v) is 5.97. The summed E-state index contributed by atoms with van der Waals surface area (Å²) in [5.41, 5.74) is 2.61. The van der Waals surface area contributed by atoms with Crippen LogP contribution in [0.3, 0.4) is 0 Å². The highest BCUT2D eigenvalue weighted by molar-refractivity contribution is 5.93. The van der Waals surface area contributed by atoms with Crippen LogP contribution in [-0.2, 0) is 11.2 Å². The van der Waals surface area contributed by atoms with E-state index in [2.05, 4.69) is 25.3 Å². The molecule has 28 heavy (non-hydrogen) atoms. The number of anilines is 2. The molecule has 0 spiro atoms. The fraction of sp³-hybridized carbons (Fsp3) is 0.143. The molecular weight excluding hydrogens is 356 g/mol. The lowest BCUT2D eigenvalue weighted by Crippen LogP contribution is -2.26. The number of carbonyl (C=O) groups excluding carboxylic acids is 2. The number of esters is 1. The maximum atomic E-state index is 12.3. The van der Waals surface area contributed by atoms with Gasteiger partial charge in [0.05, 0.1) is 12.7 Å². The van der Waals surface area contributed by atoms with Crippen molar-refractivity contribution in [3.63, 3.8) is 0 Å². The van der Waals surface area contributed by atoms with Crippen LogP contribution in [-0.4, -0.2) is 35.5 Å². The summed E-state index contributed by atoms with van der Waals surface area (Å²) in [6, 6.07) is 18.3. The molecule has 0 fully saturated rings. The minimum atomic E-state index is -0.400. The van der Waals surface area contributed by atoms with E-state index in [0.717, 1.165) is 17.7 Å². The molecule has 3 aromatic rings. The van der Waals surface area contributed by atoms with Crippen molar-refractivity contribution >= 4 is 23.4 Å². The predicted octanol–water partition coefficient (Wildman–Crippen LogP) is 2.98. The van der Waals surface area contributed by atoms with E-state index < -0.39 is 5.97 Å². The van der Waals surface area contributed by atoms with Crippen LogP contribution in [0, 0.1) is 0 Å². The molecule has 3 rings (SSSR count). The fourth-order valence-electron chi connectivity index (χ4n) is 2.56. The van der Waals surface area contributed by atoms with E-state index in [1.54, 1.807) is 30.3 Å². The standard InChI is InChI=1S/C21H20N4O3/c1-28-21(27)16-7-9-17(10-8-16)25-19-13-18(23-14-24-19)20(26)22-12-11-15-5-3-2-4-6-15/h2-10,13-14H,11-12H2,1H3,(H,22,26)(H,23,24,25). The highest BCUT2D eigenvalue weighted by Gasteiger charge is 2.09. The Labute approximate surface area is 162 Å². The van der Waals surface area contributed by atoms with Crippen LogP contribution >= 0.6 is 0 Å². The Balaban J connectivity index is 1.58. The van der Waals surface area contributed by atoms with Crippen LogP contribution in [0.5, 0.6) is 0 Å². The molecule has 1 heterocycles. The zero-order chi connectivity index (χ0) is 19.8. The maximum absolute atomic E-state index is 12.3. The van der Waals surface area contributed by atoms with Crippen molar-refractivity contribution in [2.75, 3.05) is 19.0 Å². The van der Waals surface area contributed by atoms with Crippen molar-refractivity contribution in [2.45, 2.75) is 6.42 Å². The Kier molecular flexibility index (Phi) is 6.30. The normalized spacial score (nSPS) is 10.2. The lowest BCUT2D eigenvalue weighted by Gasteiger charge is -2.08. The molecule has 1 amide bonds. The number of benzene rings is 2. The van der Waals surface area contributed by atoms with Crippen LogP contribution in [0.1, 0.15) is 26.4 Å². The Bertz CT molecular complexity index is 943. The molecule has 0 saturated heterocycles. The molecule has 0 bridgehead atoms. The van der Waals surface area contributed by atoms with E-state index in [1.165, 1.54) is 13.4 Å². The zero-order valence-electron chi connectivity index (χ0n) is 15.4. The number of hydrogen-bond acceptors (Lipinski definition) is 6. The van der Waals surface area contributed by atoms with Gasteiger partial charge in [-0.25, -0.2) is 14.8 Å². The number of carbonyl (C=O) groups is 2. The summed E-state index contributed by atoms with van der Waals surface area (Å²) < 4.78 is 4.67. The third kappa shape index (κ3) is 5.14. The van der Waals surface area contributed by atoms with Crippen molar-refractivity contribution in [1.29, 1.82) is 0 Å². The molecular formula is C21H20N4O3. The largest absolute Gasteiger partial charge is 0.465 e. The molecule has 0 saturated carbocycles. The fourth-order valence-corrected chi connectivity index (χ4v) is 2.56. The molecule has 2 aromatic carbocycles. The third-order valence-corrected chi connectivity index (χ3v) is 4.02. The molecule has 0 aliphatic rings. The highest BCUT2D eigenvalue weighted by atomic mass is 16.5. The van der Waals surface area contributed by atoms with Gasteiger partial charge in [-0.1, -0.05) is 30.3 Å². The van der Waals surface area contributed by atoms with Crippen molar-refractivity contribution in [3.8, 4) is 0 Å². The van der Waals surface area contributed by atoms with Gasteiger partial charge in [-0.15, -0.1) is 0 Å². The van der Waals surface area contributed by atoms with E-state index in [9.17, 15) is 9.59 Å². The van der Waals surface area contributed by atoms with Gasteiger partial charge in [-0.2, -0.15) is 0 Å². The lowest BCUT2D eigenvalue weighted by molar-refractivity contribution is 0.0600. The molecule has 0 atom stereocenters. The number of nitrogens with zero attached hydrogens (tertiary/aromatic N) is 2. The first-order chi connectivity index (χ1) is 13.7. The van der Waals surface area contributed by atoms with E-state index >= 15 is 0 Å². The summed E-state index contributed by atoms with van der Waals surface area (Å²) in [5.74, 6) is -0.181. The second-order valence-electron chi connectivity index (χ2n) is 5.97. The molecule has 1 aromatic heterocycles. The first-order valence-corrected chi connectivity index (χ1v) is 8.75. The summed E-state index contributed by atoms with van der Waals surface area (Å²) in [5, 5.41) is 5.94. The van der Waals surface area contributed by atoms with Gasteiger partial charge in [0, 0.05) is 18.3 Å². The SMILES string of the molecule is COC(=O)c1ccc(Nc2cc(C(=O)NCCc3ccccc3)ncn2)cc1. The van der Waals surface area contributed by atoms with Crippen molar-refractivity contribution in [1.82, 2.24) is 15.3 Å². The highest BCUT2D eigenvalue weighted by Crippen LogP contribution is 2.16. The maximum Gasteiger partial charge on any atom is 0.337 e. The van der Waals surface area contributed by atoms with Crippen molar-refractivity contribution < 1.29 is 14.3 Å². The summed E-state index contributed by atoms with van der Waals surface area (Å²) in [4.78, 5) is 31.9. The van der Waals surface area contributed by atoms with Crippen LogP contribution in [0.15, 0.2) is 67.0 Å². The smallest absolute Gasteiger partial charge is 0.337 e. The molecule has 142 valence electrons. The minimum Gasteiger partial charge on any atom is -0.465 e. The Morgan fingerprint density at radius 1 is 1.00 bits per heavy atom. The summed E-state index contributed by atoms with van der Waals surface area (Å²) >= 11 is 0. The van der Waals surface area contributed by atoms with E-state index in [4.69, 9.17) is 0 Å². The van der Waals surface area contributed by atoms with Gasteiger partial charge >= 0.3 is 5.97 Å². The van der Waals surface area contributed by atoms with Crippen LogP contribution in [0.25, 0.3) is 0 Å². The number of rotatable bonds is 7. The van der Waals surface area contributed by atoms with Gasteiger partial charge in [0.25, 0.3) is 5.91 Å². The van der Waals surface area contributed by atoms with Gasteiger partial charge in [-0.3, -0.25) is 4.79 Å². The van der Waals surface area contributed by atoms with Crippen molar-refractivity contribution in [2.24, 2.45) is 0 Å². The summed E-state index contributed by atoms with van der Waals surface area (Å²) in [6.45, 7) is 0.518. The number of nitrogens with one attached hydrogen (secondary N) is 2. The molecule has 0 unspecified atom stereocenters. The monoisotopic (exact) mass is 376 g/mol. The van der Waals surface area contributed by atoms with Gasteiger partial charge < -0.3 is 15.4 Å². The van der Waals surface area contributed by atoms with Crippen LogP contribution in [0.2, 0.25) is 0 Å². The average Bonchev–Trinajstić information content (AvgIpc) is 2.74. The minimum absolute atomic E-state index is 0.262. The first-order valence-electron chi connectivity index (χ1n) is 8.75. The molecule has 0 aliphatic carbocycles.